The molecule has 1 saturated heterocycles. The second kappa shape index (κ2) is 2.07. The molecule has 0 N–H and O–H groups in total. The SMILES string of the molecule is O=C1OP(F)(F)(F)OC(=O)C1F. The van der Waals surface area contributed by atoms with Gasteiger partial charge in [-0.15, -0.1) is 0 Å². The van der Waals surface area contributed by atoms with Gasteiger partial charge >= 0.3 is 61.7 Å². The predicted molar refractivity (Wildman–Crippen MR) is 27.3 cm³/mol. The van der Waals surface area contributed by atoms with Gasteiger partial charge in [0, 0.05) is 0 Å². The summed E-state index contributed by atoms with van der Waals surface area (Å²) in [5.41, 5.74) is 0. The second-order valence-corrected chi connectivity index (χ2v) is 3.59. The molecule has 0 aromatic rings. The number of halogens is 4. The van der Waals surface area contributed by atoms with Crippen molar-refractivity contribution in [3.63, 3.8) is 0 Å². The van der Waals surface area contributed by atoms with Gasteiger partial charge in [-0.1, -0.05) is 0 Å². The van der Waals surface area contributed by atoms with E-state index in [1.165, 1.54) is 0 Å². The molecule has 9 heteroatoms. The van der Waals surface area contributed by atoms with Crippen molar-refractivity contribution in [3.05, 3.63) is 0 Å². The van der Waals surface area contributed by atoms with Crippen molar-refractivity contribution in [2.24, 2.45) is 0 Å². The zero-order valence-electron chi connectivity index (χ0n) is 5.17. The van der Waals surface area contributed by atoms with Crippen LogP contribution in [0.25, 0.3) is 0 Å². The van der Waals surface area contributed by atoms with E-state index in [9.17, 15) is 26.6 Å². The van der Waals surface area contributed by atoms with E-state index in [1.807, 2.05) is 0 Å². The van der Waals surface area contributed by atoms with Crippen LogP contribution in [-0.4, -0.2) is 18.1 Å². The summed E-state index contributed by atoms with van der Waals surface area (Å²) >= 11 is 0. The zero-order chi connectivity index (χ0) is 9.59. The van der Waals surface area contributed by atoms with E-state index < -0.39 is 26.1 Å². The number of hydrogen-bond acceptors (Lipinski definition) is 4. The van der Waals surface area contributed by atoms with Gasteiger partial charge in [-0.05, 0) is 0 Å². The first-order chi connectivity index (χ1) is 5.19. The summed E-state index contributed by atoms with van der Waals surface area (Å²) in [5, 5.41) is 0. The summed E-state index contributed by atoms with van der Waals surface area (Å²) < 4.78 is 53.4. The third kappa shape index (κ3) is 1.63. The molecule has 0 radical (unpaired) electrons. The van der Waals surface area contributed by atoms with Crippen molar-refractivity contribution < 1.29 is 35.6 Å². The molecule has 0 atom stereocenters. The molecule has 0 unspecified atom stereocenters. The fourth-order valence-corrected chi connectivity index (χ4v) is 1.26. The molecular weight excluding hydrogens is 207 g/mol. The molecule has 0 aliphatic carbocycles. The summed E-state index contributed by atoms with van der Waals surface area (Å²) in [5.74, 6) is -4.53. The minimum atomic E-state index is -7.66. The third-order valence-corrected chi connectivity index (χ3v) is 1.80. The van der Waals surface area contributed by atoms with E-state index in [0.717, 1.165) is 0 Å². The molecule has 0 amide bonds. The molecule has 1 heterocycles. The molecule has 0 saturated carbocycles. The van der Waals surface area contributed by atoms with E-state index in [2.05, 4.69) is 9.05 Å². The van der Waals surface area contributed by atoms with Gasteiger partial charge in [0.1, 0.15) is 0 Å². The molecule has 1 aliphatic rings. The Hall–Kier alpha value is -0.910. The maximum absolute atomic E-state index is 12.1. The summed E-state index contributed by atoms with van der Waals surface area (Å²) in [4.78, 5) is 20.1. The first-order valence-electron chi connectivity index (χ1n) is 2.48. The van der Waals surface area contributed by atoms with Gasteiger partial charge < -0.3 is 0 Å². The monoisotopic (exact) mass is 208 g/mol. The molecule has 4 nitrogen and oxygen atoms in total. The standard InChI is InChI=1S/C3HF4O4P/c4-1-2(8)10-12(5,6,7)11-3(1)9/h1H. The summed E-state index contributed by atoms with van der Waals surface area (Å²) in [6.07, 6.45) is -3.00. The van der Waals surface area contributed by atoms with E-state index in [4.69, 9.17) is 0 Å². The Bertz CT molecular complexity index is 235. The maximum atomic E-state index is 12.1. The van der Waals surface area contributed by atoms with Crippen molar-refractivity contribution in [1.82, 2.24) is 0 Å². The number of carbonyl (C=O) groups is 2. The molecule has 12 heavy (non-hydrogen) atoms. The van der Waals surface area contributed by atoms with Gasteiger partial charge in [-0.3, -0.25) is 0 Å². The Kier molecular flexibility index (Phi) is 1.58. The van der Waals surface area contributed by atoms with Crippen LogP contribution in [-0.2, 0) is 18.6 Å². The van der Waals surface area contributed by atoms with Crippen LogP contribution < -0.4 is 0 Å². The Morgan fingerprint density at radius 3 is 1.75 bits per heavy atom. The van der Waals surface area contributed by atoms with Crippen molar-refractivity contribution in [3.8, 4) is 0 Å². The van der Waals surface area contributed by atoms with Gasteiger partial charge in [0.25, 0.3) is 0 Å². The van der Waals surface area contributed by atoms with Gasteiger partial charge in [0.15, 0.2) is 0 Å². The molecule has 1 aliphatic heterocycles. The molecule has 0 aromatic heterocycles. The summed E-state index contributed by atoms with van der Waals surface area (Å²) in [6, 6.07) is 0. The number of hydrogen-bond donors (Lipinski definition) is 0. The van der Waals surface area contributed by atoms with Crippen LogP contribution in [0, 0.1) is 0 Å². The second-order valence-electron chi connectivity index (χ2n) is 1.86. The Morgan fingerprint density at radius 2 is 1.42 bits per heavy atom. The molecule has 1 fully saturated rings. The Balaban J connectivity index is 2.95. The fraction of sp³-hybridized carbons (Fsp3) is 0.333. The van der Waals surface area contributed by atoms with E-state index >= 15 is 0 Å². The van der Waals surface area contributed by atoms with E-state index in [0.29, 0.717) is 0 Å². The fourth-order valence-electron chi connectivity index (χ4n) is 0.485. The first kappa shape index (κ1) is 9.18. The average molecular weight is 208 g/mol. The zero-order valence-corrected chi connectivity index (χ0v) is 6.06. The van der Waals surface area contributed by atoms with Crippen molar-refractivity contribution in [2.75, 3.05) is 0 Å². The number of rotatable bonds is 0. The summed E-state index contributed by atoms with van der Waals surface area (Å²) in [7, 11) is -7.66. The van der Waals surface area contributed by atoms with Gasteiger partial charge in [0.2, 0.25) is 0 Å². The predicted octanol–water partition coefficient (Wildman–Crippen LogP) is 1.46. The van der Waals surface area contributed by atoms with Gasteiger partial charge in [0.05, 0.1) is 0 Å². The van der Waals surface area contributed by atoms with E-state index in [-0.39, 0.29) is 0 Å². The quantitative estimate of drug-likeness (QED) is 0.343. The molecule has 70 valence electrons. The van der Waals surface area contributed by atoms with E-state index in [1.54, 1.807) is 0 Å². The van der Waals surface area contributed by atoms with Crippen LogP contribution in [0.4, 0.5) is 17.0 Å². The van der Waals surface area contributed by atoms with Crippen molar-refractivity contribution >= 4 is 19.9 Å². The summed E-state index contributed by atoms with van der Waals surface area (Å²) in [6.45, 7) is 0. The van der Waals surface area contributed by atoms with Crippen molar-refractivity contribution in [2.45, 2.75) is 6.17 Å². The molecule has 0 spiro atoms. The first-order valence-corrected chi connectivity index (χ1v) is 4.23. The van der Waals surface area contributed by atoms with Crippen LogP contribution in [0.3, 0.4) is 0 Å². The molecular formula is C3HF4O4P. The Labute approximate surface area is 62.9 Å². The van der Waals surface area contributed by atoms with Crippen LogP contribution in [0.15, 0.2) is 0 Å². The van der Waals surface area contributed by atoms with Gasteiger partial charge in [-0.2, -0.15) is 0 Å². The normalized spacial score (nSPS) is 35.7. The van der Waals surface area contributed by atoms with Crippen LogP contribution in [0.1, 0.15) is 0 Å². The average Bonchev–Trinajstić information content (AvgIpc) is 1.79. The molecule has 0 aromatic carbocycles. The molecule has 1 rings (SSSR count). The van der Waals surface area contributed by atoms with Gasteiger partial charge in [-0.25, -0.2) is 0 Å². The Morgan fingerprint density at radius 1 is 1.08 bits per heavy atom. The van der Waals surface area contributed by atoms with Crippen LogP contribution in [0.5, 0.6) is 0 Å². The number of carbonyl (C=O) groups excluding carboxylic acids is 2. The van der Waals surface area contributed by atoms with Crippen LogP contribution in [0.2, 0.25) is 0 Å². The minimum absolute atomic E-state index is 2.27. The third-order valence-electron chi connectivity index (χ3n) is 0.875. The number of alkyl halides is 1. The molecule has 0 bridgehead atoms. The van der Waals surface area contributed by atoms with Crippen LogP contribution >= 0.6 is 7.99 Å². The van der Waals surface area contributed by atoms with Crippen molar-refractivity contribution in [1.29, 1.82) is 0 Å². The topological polar surface area (TPSA) is 52.6 Å².